The first kappa shape index (κ1) is 14.4. The number of carbonyl (C=O) groups excluding carboxylic acids is 1. The van der Waals surface area contributed by atoms with E-state index in [0.717, 1.165) is 5.56 Å². The van der Waals surface area contributed by atoms with Crippen LogP contribution >= 0.6 is 0 Å². The van der Waals surface area contributed by atoms with Crippen molar-refractivity contribution in [2.24, 2.45) is 0 Å². The van der Waals surface area contributed by atoms with Gasteiger partial charge in [0, 0.05) is 25.2 Å². The molecule has 2 aromatic heterocycles. The molecule has 0 spiro atoms. The van der Waals surface area contributed by atoms with Crippen LogP contribution in [-0.2, 0) is 0 Å². The zero-order valence-corrected chi connectivity index (χ0v) is 12.2. The van der Waals surface area contributed by atoms with Crippen molar-refractivity contribution < 1.29 is 13.9 Å². The zero-order valence-electron chi connectivity index (χ0n) is 12.2. The standard InChI is InChI=1S/C16H16FN3O2/c1-11-4-3-8-18-15(11)16(21)20-9-7-12(10-20)22-14-6-2-5-13(17)19-14/h2-6,8,12H,7,9-10H2,1H3. The van der Waals surface area contributed by atoms with Crippen LogP contribution in [0.5, 0.6) is 5.88 Å². The van der Waals surface area contributed by atoms with Gasteiger partial charge in [0.2, 0.25) is 11.8 Å². The number of aromatic nitrogens is 2. The number of rotatable bonds is 3. The van der Waals surface area contributed by atoms with Gasteiger partial charge in [0.25, 0.3) is 5.91 Å². The van der Waals surface area contributed by atoms with E-state index in [2.05, 4.69) is 9.97 Å². The van der Waals surface area contributed by atoms with Crippen LogP contribution in [0.15, 0.2) is 36.5 Å². The Morgan fingerprint density at radius 2 is 2.23 bits per heavy atom. The second-order valence-corrected chi connectivity index (χ2v) is 5.25. The summed E-state index contributed by atoms with van der Waals surface area (Å²) in [4.78, 5) is 22.0. The molecule has 5 nitrogen and oxygen atoms in total. The predicted molar refractivity (Wildman–Crippen MR) is 78.1 cm³/mol. The van der Waals surface area contributed by atoms with Gasteiger partial charge in [-0.3, -0.25) is 9.78 Å². The molecule has 3 rings (SSSR count). The number of halogens is 1. The minimum atomic E-state index is -0.576. The maximum atomic E-state index is 13.0. The molecule has 0 radical (unpaired) electrons. The molecule has 3 heterocycles. The molecule has 0 aromatic carbocycles. The molecule has 1 unspecified atom stereocenters. The molecule has 0 bridgehead atoms. The average Bonchev–Trinajstić information content (AvgIpc) is 2.95. The highest BCUT2D eigenvalue weighted by atomic mass is 19.1. The Kier molecular flexibility index (Phi) is 4.00. The van der Waals surface area contributed by atoms with Gasteiger partial charge in [-0.1, -0.05) is 12.1 Å². The van der Waals surface area contributed by atoms with Crippen LogP contribution in [0.25, 0.3) is 0 Å². The number of ether oxygens (including phenoxy) is 1. The summed E-state index contributed by atoms with van der Waals surface area (Å²) in [5.74, 6) is -0.433. The molecule has 0 N–H and O–H groups in total. The van der Waals surface area contributed by atoms with Gasteiger partial charge in [-0.15, -0.1) is 0 Å². The number of hydrogen-bond acceptors (Lipinski definition) is 4. The number of aryl methyl sites for hydroxylation is 1. The zero-order chi connectivity index (χ0) is 15.5. The summed E-state index contributed by atoms with van der Waals surface area (Å²) in [6.07, 6.45) is 2.12. The van der Waals surface area contributed by atoms with Crippen LogP contribution in [0.3, 0.4) is 0 Å². The lowest BCUT2D eigenvalue weighted by atomic mass is 10.2. The third kappa shape index (κ3) is 3.05. The summed E-state index contributed by atoms with van der Waals surface area (Å²) in [6.45, 7) is 2.91. The highest BCUT2D eigenvalue weighted by Gasteiger charge is 2.29. The smallest absolute Gasteiger partial charge is 0.272 e. The monoisotopic (exact) mass is 301 g/mol. The number of nitrogens with zero attached hydrogens (tertiary/aromatic N) is 3. The molecule has 1 fully saturated rings. The number of hydrogen-bond donors (Lipinski definition) is 0. The number of carbonyl (C=O) groups is 1. The van der Waals surface area contributed by atoms with Gasteiger partial charge in [-0.2, -0.15) is 9.37 Å². The lowest BCUT2D eigenvalue weighted by molar-refractivity contribution is 0.0764. The first-order valence-electron chi connectivity index (χ1n) is 7.13. The van der Waals surface area contributed by atoms with E-state index in [1.165, 1.54) is 6.07 Å². The summed E-state index contributed by atoms with van der Waals surface area (Å²) in [5.41, 5.74) is 1.32. The third-order valence-electron chi connectivity index (χ3n) is 3.62. The second kappa shape index (κ2) is 6.09. The van der Waals surface area contributed by atoms with E-state index >= 15 is 0 Å². The van der Waals surface area contributed by atoms with Crippen molar-refractivity contribution in [1.82, 2.24) is 14.9 Å². The first-order chi connectivity index (χ1) is 10.6. The van der Waals surface area contributed by atoms with Gasteiger partial charge in [-0.25, -0.2) is 0 Å². The second-order valence-electron chi connectivity index (χ2n) is 5.25. The molecule has 0 saturated carbocycles. The van der Waals surface area contributed by atoms with E-state index in [4.69, 9.17) is 4.74 Å². The Hall–Kier alpha value is -2.50. The lowest BCUT2D eigenvalue weighted by Crippen LogP contribution is -2.32. The quantitative estimate of drug-likeness (QED) is 0.816. The van der Waals surface area contributed by atoms with Gasteiger partial charge in [-0.05, 0) is 24.6 Å². The maximum absolute atomic E-state index is 13.0. The summed E-state index contributed by atoms with van der Waals surface area (Å²) in [6, 6.07) is 8.09. The number of likely N-dealkylation sites (tertiary alicyclic amines) is 1. The fourth-order valence-corrected chi connectivity index (χ4v) is 2.49. The molecule has 1 saturated heterocycles. The first-order valence-corrected chi connectivity index (χ1v) is 7.13. The van der Waals surface area contributed by atoms with Crippen molar-refractivity contribution in [2.75, 3.05) is 13.1 Å². The van der Waals surface area contributed by atoms with Gasteiger partial charge in [0.15, 0.2) is 0 Å². The maximum Gasteiger partial charge on any atom is 0.272 e. The Balaban J connectivity index is 1.65. The fourth-order valence-electron chi connectivity index (χ4n) is 2.49. The third-order valence-corrected chi connectivity index (χ3v) is 3.62. The van der Waals surface area contributed by atoms with Crippen LogP contribution in [0.2, 0.25) is 0 Å². The average molecular weight is 301 g/mol. The summed E-state index contributed by atoms with van der Waals surface area (Å²) < 4.78 is 18.7. The van der Waals surface area contributed by atoms with E-state index in [1.54, 1.807) is 29.3 Å². The molecule has 114 valence electrons. The van der Waals surface area contributed by atoms with Crippen LogP contribution in [0.1, 0.15) is 22.5 Å². The van der Waals surface area contributed by atoms with Crippen molar-refractivity contribution in [1.29, 1.82) is 0 Å². The SMILES string of the molecule is Cc1cccnc1C(=O)N1CCC(Oc2cccc(F)n2)C1. The molecule has 1 atom stereocenters. The molecule has 1 aliphatic rings. The minimum Gasteiger partial charge on any atom is -0.472 e. The van der Waals surface area contributed by atoms with Gasteiger partial charge in [0.1, 0.15) is 11.8 Å². The van der Waals surface area contributed by atoms with E-state index in [-0.39, 0.29) is 17.9 Å². The topological polar surface area (TPSA) is 55.3 Å². The van der Waals surface area contributed by atoms with Crippen LogP contribution in [0.4, 0.5) is 4.39 Å². The largest absolute Gasteiger partial charge is 0.472 e. The van der Waals surface area contributed by atoms with Gasteiger partial charge < -0.3 is 9.64 Å². The molecule has 6 heteroatoms. The van der Waals surface area contributed by atoms with Gasteiger partial charge in [0.05, 0.1) is 6.54 Å². The fraction of sp³-hybridized carbons (Fsp3) is 0.312. The lowest BCUT2D eigenvalue weighted by Gasteiger charge is -2.17. The van der Waals surface area contributed by atoms with Crippen molar-refractivity contribution >= 4 is 5.91 Å². The van der Waals surface area contributed by atoms with Crippen molar-refractivity contribution in [3.05, 3.63) is 53.7 Å². The molecular formula is C16H16FN3O2. The molecule has 22 heavy (non-hydrogen) atoms. The normalized spacial score (nSPS) is 17.5. The Labute approximate surface area is 127 Å². The van der Waals surface area contributed by atoms with E-state index in [1.807, 2.05) is 13.0 Å². The number of amides is 1. The van der Waals surface area contributed by atoms with E-state index in [9.17, 15) is 9.18 Å². The Bertz CT molecular complexity index is 693. The van der Waals surface area contributed by atoms with E-state index in [0.29, 0.717) is 25.2 Å². The van der Waals surface area contributed by atoms with Gasteiger partial charge >= 0.3 is 0 Å². The van der Waals surface area contributed by atoms with Crippen molar-refractivity contribution in [2.45, 2.75) is 19.4 Å². The van der Waals surface area contributed by atoms with E-state index < -0.39 is 5.95 Å². The van der Waals surface area contributed by atoms with Crippen LogP contribution in [0, 0.1) is 12.9 Å². The highest BCUT2D eigenvalue weighted by Crippen LogP contribution is 2.19. The van der Waals surface area contributed by atoms with Crippen LogP contribution in [-0.4, -0.2) is 40.0 Å². The number of pyridine rings is 2. The molecule has 0 aliphatic carbocycles. The molecular weight excluding hydrogens is 285 g/mol. The summed E-state index contributed by atoms with van der Waals surface area (Å²) in [7, 11) is 0. The molecule has 2 aromatic rings. The minimum absolute atomic E-state index is 0.101. The van der Waals surface area contributed by atoms with Crippen LogP contribution < -0.4 is 4.74 Å². The predicted octanol–water partition coefficient (Wildman–Crippen LogP) is 2.22. The van der Waals surface area contributed by atoms with Crippen molar-refractivity contribution in [3.63, 3.8) is 0 Å². The summed E-state index contributed by atoms with van der Waals surface area (Å²) in [5, 5.41) is 0. The van der Waals surface area contributed by atoms with Crippen molar-refractivity contribution in [3.8, 4) is 5.88 Å². The highest BCUT2D eigenvalue weighted by molar-refractivity contribution is 5.93. The molecule has 1 amide bonds. The summed E-state index contributed by atoms with van der Waals surface area (Å²) >= 11 is 0. The molecule has 1 aliphatic heterocycles. The Morgan fingerprint density at radius 3 is 3.00 bits per heavy atom. The Morgan fingerprint density at radius 1 is 1.36 bits per heavy atom.